The molecule has 0 aromatic carbocycles. The Hall–Kier alpha value is -1.86. The number of esters is 1. The zero-order chi connectivity index (χ0) is 19.6. The van der Waals surface area contributed by atoms with Crippen LogP contribution in [0.5, 0.6) is 0 Å². The molecule has 1 saturated carbocycles. The molecule has 0 radical (unpaired) electrons. The van der Waals surface area contributed by atoms with Crippen LogP contribution in [0.4, 0.5) is 5.82 Å². The smallest absolute Gasteiger partial charge is 0.312 e. The Balaban J connectivity index is 1.54. The molecule has 3 rings (SSSR count). The molecule has 2 heterocycles. The molecule has 1 N–H and O–H groups in total. The minimum absolute atomic E-state index is 0.0156. The van der Waals surface area contributed by atoms with Crippen LogP contribution in [-0.2, 0) is 19.1 Å². The summed E-state index contributed by atoms with van der Waals surface area (Å²) in [7, 11) is 0. The third-order valence-electron chi connectivity index (χ3n) is 4.97. The zero-order valence-electron chi connectivity index (χ0n) is 14.9. The Morgan fingerprint density at radius 1 is 1.33 bits per heavy atom. The number of nitrogens with zero attached hydrogens (tertiary/aromatic N) is 2. The molecule has 1 aliphatic carbocycles. The van der Waals surface area contributed by atoms with Crippen molar-refractivity contribution >= 4 is 46.8 Å². The van der Waals surface area contributed by atoms with Gasteiger partial charge in [-0.2, -0.15) is 0 Å². The molecule has 1 aliphatic heterocycles. The number of carbonyl (C=O) groups excluding carboxylic acids is 3. The van der Waals surface area contributed by atoms with Gasteiger partial charge in [0.15, 0.2) is 11.9 Å². The van der Waals surface area contributed by atoms with Gasteiger partial charge >= 0.3 is 5.97 Å². The molecule has 9 heteroatoms. The standard InChI is InChI=1S/C18H21Cl2N3O4/c1-10(17(25)22-16-14(20)7-12(19)8-21-16)27-18(26)11-6-15(24)23(9-11)13-4-2-3-5-13/h7-8,10-11,13H,2-6,9H2,1H3,(H,21,22,25)/t10-,11-/m0/s1. The lowest BCUT2D eigenvalue weighted by molar-refractivity contribution is -0.157. The quantitative estimate of drug-likeness (QED) is 0.749. The van der Waals surface area contributed by atoms with Crippen molar-refractivity contribution in [3.05, 3.63) is 22.3 Å². The Kier molecular flexibility index (Phi) is 6.22. The number of likely N-dealkylation sites (tertiary alicyclic amines) is 1. The van der Waals surface area contributed by atoms with Crippen LogP contribution in [0.25, 0.3) is 0 Å². The average molecular weight is 414 g/mol. The fourth-order valence-corrected chi connectivity index (χ4v) is 3.93. The Labute approximate surface area is 167 Å². The van der Waals surface area contributed by atoms with Crippen molar-refractivity contribution in [2.24, 2.45) is 5.92 Å². The monoisotopic (exact) mass is 413 g/mol. The number of amides is 2. The van der Waals surface area contributed by atoms with Crippen LogP contribution in [0, 0.1) is 5.92 Å². The van der Waals surface area contributed by atoms with E-state index in [0.29, 0.717) is 11.6 Å². The highest BCUT2D eigenvalue weighted by Crippen LogP contribution is 2.30. The van der Waals surface area contributed by atoms with Gasteiger partial charge in [0.25, 0.3) is 5.91 Å². The molecule has 27 heavy (non-hydrogen) atoms. The van der Waals surface area contributed by atoms with E-state index in [2.05, 4.69) is 10.3 Å². The van der Waals surface area contributed by atoms with Gasteiger partial charge in [-0.1, -0.05) is 36.0 Å². The second-order valence-electron chi connectivity index (χ2n) is 6.94. The number of aromatic nitrogens is 1. The predicted octanol–water partition coefficient (Wildman–Crippen LogP) is 3.05. The number of anilines is 1. The van der Waals surface area contributed by atoms with Crippen molar-refractivity contribution < 1.29 is 19.1 Å². The first-order valence-electron chi connectivity index (χ1n) is 8.97. The topological polar surface area (TPSA) is 88.6 Å². The van der Waals surface area contributed by atoms with E-state index in [1.54, 1.807) is 4.90 Å². The molecule has 0 spiro atoms. The number of rotatable bonds is 5. The molecule has 0 unspecified atom stereocenters. The molecular formula is C18H21Cl2N3O4. The maximum atomic E-state index is 12.4. The first kappa shape index (κ1) is 19.9. The highest BCUT2D eigenvalue weighted by atomic mass is 35.5. The van der Waals surface area contributed by atoms with Gasteiger partial charge in [-0.3, -0.25) is 14.4 Å². The SMILES string of the molecule is C[C@H](OC(=O)[C@H]1CC(=O)N(C2CCCC2)C1)C(=O)Nc1ncc(Cl)cc1Cl. The summed E-state index contributed by atoms with van der Waals surface area (Å²) < 4.78 is 5.26. The van der Waals surface area contributed by atoms with Gasteiger partial charge in [0, 0.05) is 25.2 Å². The van der Waals surface area contributed by atoms with Crippen LogP contribution in [0.3, 0.4) is 0 Å². The van der Waals surface area contributed by atoms with Crippen LogP contribution >= 0.6 is 23.2 Å². The molecule has 2 atom stereocenters. The summed E-state index contributed by atoms with van der Waals surface area (Å²) in [6.07, 6.45) is 4.64. The predicted molar refractivity (Wildman–Crippen MR) is 101 cm³/mol. The van der Waals surface area contributed by atoms with Crippen molar-refractivity contribution in [2.45, 2.75) is 51.2 Å². The first-order chi connectivity index (χ1) is 12.8. The first-order valence-corrected chi connectivity index (χ1v) is 9.72. The van der Waals surface area contributed by atoms with Crippen LogP contribution in [-0.4, -0.2) is 46.4 Å². The highest BCUT2D eigenvalue weighted by molar-refractivity contribution is 6.36. The molecule has 0 bridgehead atoms. The van der Waals surface area contributed by atoms with E-state index >= 15 is 0 Å². The summed E-state index contributed by atoms with van der Waals surface area (Å²) >= 11 is 11.7. The van der Waals surface area contributed by atoms with E-state index in [-0.39, 0.29) is 29.2 Å². The number of carbonyl (C=O) groups is 3. The van der Waals surface area contributed by atoms with E-state index in [9.17, 15) is 14.4 Å². The van der Waals surface area contributed by atoms with Crippen LogP contribution in [0.15, 0.2) is 12.3 Å². The molecule has 7 nitrogen and oxygen atoms in total. The molecule has 1 aromatic rings. The van der Waals surface area contributed by atoms with E-state index in [0.717, 1.165) is 25.7 Å². The van der Waals surface area contributed by atoms with Crippen molar-refractivity contribution in [2.75, 3.05) is 11.9 Å². The minimum atomic E-state index is -1.04. The van der Waals surface area contributed by atoms with Gasteiger partial charge in [-0.25, -0.2) is 4.98 Å². The number of nitrogens with one attached hydrogen (secondary N) is 1. The van der Waals surface area contributed by atoms with Gasteiger partial charge in [0.05, 0.1) is 16.0 Å². The molecule has 2 amide bonds. The number of halogens is 2. The molecule has 2 fully saturated rings. The molecular weight excluding hydrogens is 393 g/mol. The zero-order valence-corrected chi connectivity index (χ0v) is 16.4. The summed E-state index contributed by atoms with van der Waals surface area (Å²) in [6.45, 7) is 1.82. The number of ether oxygens (including phenoxy) is 1. The van der Waals surface area contributed by atoms with E-state index in [4.69, 9.17) is 27.9 Å². The fourth-order valence-electron chi connectivity index (χ4n) is 3.51. The van der Waals surface area contributed by atoms with Crippen molar-refractivity contribution in [3.8, 4) is 0 Å². The van der Waals surface area contributed by atoms with Crippen molar-refractivity contribution in [1.29, 1.82) is 0 Å². The number of pyridine rings is 1. The van der Waals surface area contributed by atoms with Crippen LogP contribution in [0.1, 0.15) is 39.0 Å². The largest absolute Gasteiger partial charge is 0.452 e. The lowest BCUT2D eigenvalue weighted by atomic mass is 10.1. The second-order valence-corrected chi connectivity index (χ2v) is 7.78. The second kappa shape index (κ2) is 8.44. The molecule has 1 saturated heterocycles. The number of hydrogen-bond donors (Lipinski definition) is 1. The third-order valence-corrected chi connectivity index (χ3v) is 5.46. The Bertz CT molecular complexity index is 752. The van der Waals surface area contributed by atoms with Gasteiger partial charge in [-0.05, 0) is 25.8 Å². The van der Waals surface area contributed by atoms with Crippen molar-refractivity contribution in [1.82, 2.24) is 9.88 Å². The summed E-state index contributed by atoms with van der Waals surface area (Å²) in [5.41, 5.74) is 0. The minimum Gasteiger partial charge on any atom is -0.452 e. The molecule has 146 valence electrons. The summed E-state index contributed by atoms with van der Waals surface area (Å²) in [5, 5.41) is 3.03. The van der Waals surface area contributed by atoms with Gasteiger partial charge in [-0.15, -0.1) is 0 Å². The van der Waals surface area contributed by atoms with Crippen molar-refractivity contribution in [3.63, 3.8) is 0 Å². The molecule has 2 aliphatic rings. The normalized spacial score (nSPS) is 21.4. The van der Waals surface area contributed by atoms with Crippen LogP contribution < -0.4 is 5.32 Å². The fraction of sp³-hybridized carbons (Fsp3) is 0.556. The van der Waals surface area contributed by atoms with Gasteiger partial charge in [0.2, 0.25) is 5.91 Å². The lowest BCUT2D eigenvalue weighted by Crippen LogP contribution is -2.36. The average Bonchev–Trinajstić information content (AvgIpc) is 3.26. The molecule has 1 aromatic heterocycles. The van der Waals surface area contributed by atoms with Gasteiger partial charge in [0.1, 0.15) is 0 Å². The van der Waals surface area contributed by atoms with E-state index < -0.39 is 23.9 Å². The lowest BCUT2D eigenvalue weighted by Gasteiger charge is -2.24. The Morgan fingerprint density at radius 3 is 2.70 bits per heavy atom. The third kappa shape index (κ3) is 4.71. The highest BCUT2D eigenvalue weighted by Gasteiger charge is 2.40. The summed E-state index contributed by atoms with van der Waals surface area (Å²) in [5.74, 6) is -1.51. The summed E-state index contributed by atoms with van der Waals surface area (Å²) in [4.78, 5) is 42.6. The summed E-state index contributed by atoms with van der Waals surface area (Å²) in [6, 6.07) is 1.68. The maximum Gasteiger partial charge on any atom is 0.312 e. The maximum absolute atomic E-state index is 12.4. The van der Waals surface area contributed by atoms with Crippen LogP contribution in [0.2, 0.25) is 10.0 Å². The number of hydrogen-bond acceptors (Lipinski definition) is 5. The Morgan fingerprint density at radius 2 is 2.04 bits per heavy atom. The van der Waals surface area contributed by atoms with Gasteiger partial charge < -0.3 is 15.0 Å². The van der Waals surface area contributed by atoms with E-state index in [1.165, 1.54) is 19.2 Å². The van der Waals surface area contributed by atoms with E-state index in [1.807, 2.05) is 0 Å².